The number of rotatable bonds is 3. The standard InChI is InChI=1S/C22H18FN3O2/c1-15-6-2-3-7-18(15)24-22(28)21-19-8-4-5-13-25(19)14-20(27)26(21)17-11-9-16(23)10-12-17/h2-13,21H,14H2,1H3/p+1. The molecular formula is C22H19FN3O2+. The van der Waals surface area contributed by atoms with E-state index in [0.717, 1.165) is 5.56 Å². The maximum Gasteiger partial charge on any atom is 0.294 e. The minimum absolute atomic E-state index is 0.113. The van der Waals surface area contributed by atoms with Crippen LogP contribution in [-0.2, 0) is 16.1 Å². The van der Waals surface area contributed by atoms with Crippen LogP contribution in [-0.4, -0.2) is 11.8 Å². The van der Waals surface area contributed by atoms with E-state index < -0.39 is 11.9 Å². The number of carbonyl (C=O) groups is 2. The van der Waals surface area contributed by atoms with Crippen LogP contribution in [0.5, 0.6) is 0 Å². The Morgan fingerprint density at radius 1 is 1.07 bits per heavy atom. The van der Waals surface area contributed by atoms with Gasteiger partial charge in [-0.25, -0.2) is 4.39 Å². The predicted molar refractivity (Wildman–Crippen MR) is 103 cm³/mol. The molecule has 2 heterocycles. The fourth-order valence-electron chi connectivity index (χ4n) is 3.44. The monoisotopic (exact) mass is 376 g/mol. The quantitative estimate of drug-likeness (QED) is 0.714. The number of benzene rings is 2. The molecule has 0 saturated heterocycles. The Kier molecular flexibility index (Phi) is 4.61. The lowest BCUT2D eigenvalue weighted by atomic mass is 10.0. The average molecular weight is 376 g/mol. The van der Waals surface area contributed by atoms with Crippen LogP contribution in [0.4, 0.5) is 15.8 Å². The van der Waals surface area contributed by atoms with E-state index in [0.29, 0.717) is 17.1 Å². The molecule has 0 radical (unpaired) electrons. The number of pyridine rings is 1. The van der Waals surface area contributed by atoms with Crippen LogP contribution >= 0.6 is 0 Å². The van der Waals surface area contributed by atoms with Gasteiger partial charge >= 0.3 is 0 Å². The molecule has 140 valence electrons. The zero-order chi connectivity index (χ0) is 19.7. The summed E-state index contributed by atoms with van der Waals surface area (Å²) in [5.74, 6) is -0.962. The van der Waals surface area contributed by atoms with Crippen molar-refractivity contribution in [3.63, 3.8) is 0 Å². The Balaban J connectivity index is 1.78. The van der Waals surface area contributed by atoms with Crippen molar-refractivity contribution >= 4 is 23.2 Å². The number of hydrogen-bond donors (Lipinski definition) is 1. The predicted octanol–water partition coefficient (Wildman–Crippen LogP) is 3.15. The van der Waals surface area contributed by atoms with Gasteiger partial charge in [0.05, 0.1) is 0 Å². The molecule has 1 unspecified atom stereocenters. The van der Waals surface area contributed by atoms with Crippen LogP contribution in [0.1, 0.15) is 17.3 Å². The summed E-state index contributed by atoms with van der Waals surface area (Å²) in [4.78, 5) is 27.6. The fourth-order valence-corrected chi connectivity index (χ4v) is 3.44. The van der Waals surface area contributed by atoms with Crippen molar-refractivity contribution in [3.05, 3.63) is 90.0 Å². The summed E-state index contributed by atoms with van der Waals surface area (Å²) in [7, 11) is 0. The lowest BCUT2D eigenvalue weighted by molar-refractivity contribution is -0.695. The van der Waals surface area contributed by atoms with Crippen LogP contribution in [0.25, 0.3) is 0 Å². The molecule has 0 fully saturated rings. The lowest BCUT2D eigenvalue weighted by Crippen LogP contribution is -2.58. The van der Waals surface area contributed by atoms with Gasteiger partial charge < -0.3 is 5.32 Å². The molecule has 4 rings (SSSR count). The van der Waals surface area contributed by atoms with Gasteiger partial charge in [0.25, 0.3) is 11.8 Å². The van der Waals surface area contributed by atoms with Crippen molar-refractivity contribution in [1.82, 2.24) is 0 Å². The molecule has 1 aliphatic rings. The number of nitrogens with one attached hydrogen (secondary N) is 1. The Morgan fingerprint density at radius 2 is 1.79 bits per heavy atom. The van der Waals surface area contributed by atoms with Gasteiger partial charge in [-0.15, -0.1) is 0 Å². The van der Waals surface area contributed by atoms with Gasteiger partial charge in [-0.1, -0.05) is 24.3 Å². The molecule has 1 aromatic heterocycles. The minimum atomic E-state index is -0.868. The van der Waals surface area contributed by atoms with Gasteiger partial charge in [-0.2, -0.15) is 4.57 Å². The molecule has 3 aromatic rings. The maximum atomic E-state index is 13.4. The minimum Gasteiger partial charge on any atom is -0.324 e. The van der Waals surface area contributed by atoms with Crippen molar-refractivity contribution in [2.75, 3.05) is 10.2 Å². The fraction of sp³-hybridized carbons (Fsp3) is 0.136. The smallest absolute Gasteiger partial charge is 0.294 e. The second-order valence-corrected chi connectivity index (χ2v) is 6.70. The SMILES string of the molecule is Cc1ccccc1NC(=O)C1c2cccc[n+]2CC(=O)N1c1ccc(F)cc1. The first-order valence-electron chi connectivity index (χ1n) is 8.97. The first-order valence-corrected chi connectivity index (χ1v) is 8.97. The van der Waals surface area contributed by atoms with Gasteiger partial charge in [0.1, 0.15) is 5.82 Å². The van der Waals surface area contributed by atoms with E-state index in [1.54, 1.807) is 10.8 Å². The molecule has 2 aromatic carbocycles. The highest BCUT2D eigenvalue weighted by molar-refractivity contribution is 6.05. The molecule has 0 bridgehead atoms. The Morgan fingerprint density at radius 3 is 2.54 bits per heavy atom. The van der Waals surface area contributed by atoms with E-state index in [9.17, 15) is 14.0 Å². The third-order valence-corrected chi connectivity index (χ3v) is 4.84. The number of aryl methyl sites for hydroxylation is 1. The van der Waals surface area contributed by atoms with Crippen molar-refractivity contribution in [3.8, 4) is 0 Å². The van der Waals surface area contributed by atoms with Crippen LogP contribution in [0.2, 0.25) is 0 Å². The molecule has 2 amide bonds. The zero-order valence-electron chi connectivity index (χ0n) is 15.3. The summed E-state index contributed by atoms with van der Waals surface area (Å²) >= 11 is 0. The number of amides is 2. The van der Waals surface area contributed by atoms with E-state index in [1.807, 2.05) is 49.4 Å². The number of fused-ring (bicyclic) bond motifs is 1. The van der Waals surface area contributed by atoms with Gasteiger partial charge in [0, 0.05) is 23.5 Å². The van der Waals surface area contributed by atoms with Crippen LogP contribution in [0.3, 0.4) is 0 Å². The summed E-state index contributed by atoms with van der Waals surface area (Å²) in [6.07, 6.45) is 1.78. The molecule has 1 atom stereocenters. The summed E-state index contributed by atoms with van der Waals surface area (Å²) in [5.41, 5.74) is 2.78. The summed E-state index contributed by atoms with van der Waals surface area (Å²) in [6.45, 7) is 2.02. The normalized spacial score (nSPS) is 15.9. The van der Waals surface area contributed by atoms with Gasteiger partial charge in [-0.3, -0.25) is 14.5 Å². The highest BCUT2D eigenvalue weighted by Crippen LogP contribution is 2.30. The van der Waals surface area contributed by atoms with E-state index in [-0.39, 0.29) is 18.4 Å². The van der Waals surface area contributed by atoms with Crippen LogP contribution in [0, 0.1) is 12.7 Å². The molecule has 1 aliphatic heterocycles. The van der Waals surface area contributed by atoms with E-state index in [4.69, 9.17) is 0 Å². The van der Waals surface area contributed by atoms with E-state index in [2.05, 4.69) is 5.32 Å². The molecule has 5 nitrogen and oxygen atoms in total. The summed E-state index contributed by atoms with van der Waals surface area (Å²) in [6, 6.07) is 17.7. The number of nitrogens with zero attached hydrogens (tertiary/aromatic N) is 2. The second-order valence-electron chi connectivity index (χ2n) is 6.70. The third kappa shape index (κ3) is 3.24. The first-order chi connectivity index (χ1) is 13.5. The van der Waals surface area contributed by atoms with Crippen LogP contribution in [0.15, 0.2) is 72.9 Å². The van der Waals surface area contributed by atoms with Gasteiger partial charge in [0.15, 0.2) is 6.20 Å². The topological polar surface area (TPSA) is 53.3 Å². The number of aromatic nitrogens is 1. The molecule has 1 N–H and O–H groups in total. The van der Waals surface area contributed by atoms with Gasteiger partial charge in [0.2, 0.25) is 18.3 Å². The number of carbonyl (C=O) groups excluding carboxylic acids is 2. The van der Waals surface area contributed by atoms with Crippen molar-refractivity contribution in [2.45, 2.75) is 19.5 Å². The average Bonchev–Trinajstić information content (AvgIpc) is 2.69. The lowest BCUT2D eigenvalue weighted by Gasteiger charge is -2.32. The second kappa shape index (κ2) is 7.23. The molecule has 0 saturated carbocycles. The Hall–Kier alpha value is -3.54. The van der Waals surface area contributed by atoms with Gasteiger partial charge in [-0.05, 0) is 42.8 Å². The van der Waals surface area contributed by atoms with Crippen LogP contribution < -0.4 is 14.8 Å². The molecule has 0 spiro atoms. The number of halogens is 1. The van der Waals surface area contributed by atoms with Crippen molar-refractivity contribution in [2.24, 2.45) is 0 Å². The highest BCUT2D eigenvalue weighted by Gasteiger charge is 2.43. The summed E-state index contributed by atoms with van der Waals surface area (Å²) < 4.78 is 15.2. The Bertz CT molecular complexity index is 1050. The highest BCUT2D eigenvalue weighted by atomic mass is 19.1. The Labute approximate surface area is 162 Å². The first kappa shape index (κ1) is 17.9. The summed E-state index contributed by atoms with van der Waals surface area (Å²) in [5, 5.41) is 2.93. The zero-order valence-corrected chi connectivity index (χ0v) is 15.3. The molecule has 6 heteroatoms. The van der Waals surface area contributed by atoms with Crippen molar-refractivity contribution < 1.29 is 18.5 Å². The third-order valence-electron chi connectivity index (χ3n) is 4.84. The molecule has 28 heavy (non-hydrogen) atoms. The number of hydrogen-bond acceptors (Lipinski definition) is 2. The molecular weight excluding hydrogens is 357 g/mol. The largest absolute Gasteiger partial charge is 0.324 e. The molecule has 0 aliphatic carbocycles. The maximum absolute atomic E-state index is 13.4. The van der Waals surface area contributed by atoms with Crippen molar-refractivity contribution in [1.29, 1.82) is 0 Å². The van der Waals surface area contributed by atoms with E-state index >= 15 is 0 Å². The number of anilines is 2. The number of para-hydroxylation sites is 1. The van der Waals surface area contributed by atoms with E-state index in [1.165, 1.54) is 29.2 Å².